The molecule has 0 amide bonds. The number of hydrogen-bond acceptors (Lipinski definition) is 8. The number of aliphatic imine (C=N–C) groups is 1. The number of fused-ring (bicyclic) bond motifs is 2. The number of nitrogens with two attached hydrogens (primary N) is 1. The molecule has 0 radical (unpaired) electrons. The summed E-state index contributed by atoms with van der Waals surface area (Å²) in [4.78, 5) is 31.1. The average molecular weight is 424 g/mol. The molecule has 168 valence electrons. The van der Waals surface area contributed by atoms with Crippen LogP contribution in [0.4, 0.5) is 0 Å². The van der Waals surface area contributed by atoms with Gasteiger partial charge in [0.1, 0.15) is 17.7 Å². The van der Waals surface area contributed by atoms with Crippen molar-refractivity contribution in [2.24, 2.45) is 10.7 Å². The van der Waals surface area contributed by atoms with Crippen LogP contribution in [0.3, 0.4) is 0 Å². The minimum atomic E-state index is -0.894. The molecular formula is C20H33N5O5. The largest absolute Gasteiger partial charge is 0.378 e. The number of aromatic amines is 1. The van der Waals surface area contributed by atoms with Crippen LogP contribution in [-0.2, 0) is 14.2 Å². The van der Waals surface area contributed by atoms with E-state index in [9.17, 15) is 9.59 Å². The zero-order valence-corrected chi connectivity index (χ0v) is 18.0. The second-order valence-corrected chi connectivity index (χ2v) is 7.97. The Bertz CT molecular complexity index is 866. The Balaban J connectivity index is 1.98. The van der Waals surface area contributed by atoms with Crippen molar-refractivity contribution in [3.63, 3.8) is 0 Å². The number of rotatable bonds is 10. The molecule has 30 heavy (non-hydrogen) atoms. The number of nitrogens with one attached hydrogen (secondary N) is 2. The van der Waals surface area contributed by atoms with Crippen molar-refractivity contribution in [1.29, 1.82) is 0 Å². The van der Waals surface area contributed by atoms with Gasteiger partial charge in [0.15, 0.2) is 12.2 Å². The SMILES string of the molecule is CCCCOC[C@]12CN=C(N)N[C@@H](C1OCCCC)[C@H](n1cc(C)c(=O)[nH]c1=O)O2. The molecule has 2 aliphatic rings. The normalized spacial score (nSPS) is 28.1. The van der Waals surface area contributed by atoms with E-state index in [4.69, 9.17) is 19.9 Å². The van der Waals surface area contributed by atoms with Crippen molar-refractivity contribution in [3.05, 3.63) is 32.6 Å². The Morgan fingerprint density at radius 3 is 2.77 bits per heavy atom. The lowest BCUT2D eigenvalue weighted by Crippen LogP contribution is -2.53. The maximum absolute atomic E-state index is 12.6. The lowest BCUT2D eigenvalue weighted by Gasteiger charge is -2.32. The van der Waals surface area contributed by atoms with Crippen LogP contribution in [0.15, 0.2) is 20.8 Å². The molecule has 1 aromatic heterocycles. The summed E-state index contributed by atoms with van der Waals surface area (Å²) in [7, 11) is 0. The summed E-state index contributed by atoms with van der Waals surface area (Å²) in [5, 5.41) is 3.15. The first-order valence-corrected chi connectivity index (χ1v) is 10.7. The number of aryl methyl sites for hydroxylation is 1. The summed E-state index contributed by atoms with van der Waals surface area (Å²) in [5.41, 5.74) is 4.60. The Hall–Kier alpha value is -2.17. The topological polar surface area (TPSA) is 133 Å². The van der Waals surface area contributed by atoms with Gasteiger partial charge in [0.2, 0.25) is 0 Å². The van der Waals surface area contributed by atoms with E-state index in [1.54, 1.807) is 6.92 Å². The fourth-order valence-electron chi connectivity index (χ4n) is 3.84. The fraction of sp³-hybridized carbons (Fsp3) is 0.750. The van der Waals surface area contributed by atoms with Crippen molar-refractivity contribution >= 4 is 5.96 Å². The van der Waals surface area contributed by atoms with E-state index in [-0.39, 0.29) is 19.1 Å². The summed E-state index contributed by atoms with van der Waals surface area (Å²) in [6.07, 6.45) is 4.19. The summed E-state index contributed by atoms with van der Waals surface area (Å²) < 4.78 is 20.0. The van der Waals surface area contributed by atoms with Gasteiger partial charge in [0, 0.05) is 25.0 Å². The molecule has 1 saturated heterocycles. The molecule has 3 rings (SSSR count). The molecule has 0 aromatic carbocycles. The van der Waals surface area contributed by atoms with Crippen LogP contribution >= 0.6 is 0 Å². The fourth-order valence-corrected chi connectivity index (χ4v) is 3.84. The van der Waals surface area contributed by atoms with E-state index in [2.05, 4.69) is 29.1 Å². The second kappa shape index (κ2) is 9.76. The van der Waals surface area contributed by atoms with Gasteiger partial charge in [-0.15, -0.1) is 0 Å². The second-order valence-electron chi connectivity index (χ2n) is 7.97. The van der Waals surface area contributed by atoms with E-state index < -0.39 is 35.2 Å². The standard InChI is InChI=1S/C20H33N5O5/c1-4-6-8-28-12-20-11-22-18(21)23-14(15(20)29-9-7-5-2)17(30-20)25-10-13(3)16(26)24-19(25)27/h10,14-15,17H,4-9,11-12H2,1-3H3,(H3,21,22,23)(H,24,26,27)/t14-,15?,17+,20+/m0/s1. The smallest absolute Gasteiger partial charge is 0.330 e. The molecule has 4 N–H and O–H groups in total. The first kappa shape index (κ1) is 22.5. The number of aromatic nitrogens is 2. The summed E-state index contributed by atoms with van der Waals surface area (Å²) in [5.74, 6) is 0.266. The Morgan fingerprint density at radius 1 is 1.30 bits per heavy atom. The predicted molar refractivity (Wildman–Crippen MR) is 113 cm³/mol. The van der Waals surface area contributed by atoms with Crippen LogP contribution in [0.1, 0.15) is 51.3 Å². The number of hydrogen-bond donors (Lipinski definition) is 3. The zero-order valence-electron chi connectivity index (χ0n) is 18.0. The number of ether oxygens (including phenoxy) is 3. The van der Waals surface area contributed by atoms with Gasteiger partial charge >= 0.3 is 5.69 Å². The van der Waals surface area contributed by atoms with Crippen molar-refractivity contribution in [3.8, 4) is 0 Å². The molecular weight excluding hydrogens is 390 g/mol. The molecule has 1 unspecified atom stereocenters. The van der Waals surface area contributed by atoms with Crippen molar-refractivity contribution in [2.45, 2.75) is 70.4 Å². The van der Waals surface area contributed by atoms with Crippen LogP contribution in [0.25, 0.3) is 0 Å². The predicted octanol–water partition coefficient (Wildman–Crippen LogP) is 0.401. The van der Waals surface area contributed by atoms with Gasteiger partial charge in [-0.25, -0.2) is 4.79 Å². The highest BCUT2D eigenvalue weighted by Crippen LogP contribution is 2.40. The van der Waals surface area contributed by atoms with E-state index in [0.29, 0.717) is 18.8 Å². The van der Waals surface area contributed by atoms with E-state index >= 15 is 0 Å². The van der Waals surface area contributed by atoms with Crippen LogP contribution in [-0.4, -0.2) is 59.6 Å². The Kier molecular flexibility index (Phi) is 7.32. The molecule has 1 aromatic rings. The third-order valence-corrected chi connectivity index (χ3v) is 5.54. The van der Waals surface area contributed by atoms with Gasteiger partial charge in [0.05, 0.1) is 13.2 Å². The van der Waals surface area contributed by atoms with Gasteiger partial charge in [-0.2, -0.15) is 0 Å². The number of guanidine groups is 1. The van der Waals surface area contributed by atoms with E-state index in [1.165, 1.54) is 10.8 Å². The molecule has 3 heterocycles. The number of unbranched alkanes of at least 4 members (excludes halogenated alkanes) is 2. The molecule has 0 saturated carbocycles. The number of nitrogens with zero attached hydrogens (tertiary/aromatic N) is 2. The summed E-state index contributed by atoms with van der Waals surface area (Å²) in [6.45, 7) is 7.50. The van der Waals surface area contributed by atoms with Crippen molar-refractivity contribution in [2.75, 3.05) is 26.4 Å². The molecule has 4 atom stereocenters. The minimum Gasteiger partial charge on any atom is -0.378 e. The maximum Gasteiger partial charge on any atom is 0.330 e. The van der Waals surface area contributed by atoms with Gasteiger partial charge in [0.25, 0.3) is 5.56 Å². The molecule has 2 bridgehead atoms. The van der Waals surface area contributed by atoms with E-state index in [1.807, 2.05) is 0 Å². The molecule has 2 aliphatic heterocycles. The summed E-state index contributed by atoms with van der Waals surface area (Å²) >= 11 is 0. The molecule has 10 nitrogen and oxygen atoms in total. The first-order valence-electron chi connectivity index (χ1n) is 10.7. The van der Waals surface area contributed by atoms with Crippen molar-refractivity contribution in [1.82, 2.24) is 14.9 Å². The number of H-pyrrole nitrogens is 1. The maximum atomic E-state index is 12.6. The highest BCUT2D eigenvalue weighted by Gasteiger charge is 2.58. The summed E-state index contributed by atoms with van der Waals surface area (Å²) in [6, 6.07) is -0.467. The quantitative estimate of drug-likeness (QED) is 0.464. The highest BCUT2D eigenvalue weighted by molar-refractivity contribution is 5.78. The van der Waals surface area contributed by atoms with Crippen LogP contribution in [0.5, 0.6) is 0 Å². The molecule has 0 aliphatic carbocycles. The zero-order chi connectivity index (χ0) is 21.7. The molecule has 1 fully saturated rings. The van der Waals surface area contributed by atoms with Gasteiger partial charge in [-0.3, -0.25) is 19.3 Å². The lowest BCUT2D eigenvalue weighted by atomic mass is 9.94. The van der Waals surface area contributed by atoms with Crippen LogP contribution in [0, 0.1) is 6.92 Å². The Labute approximate surface area is 175 Å². The van der Waals surface area contributed by atoms with Crippen LogP contribution < -0.4 is 22.3 Å². The Morgan fingerprint density at radius 2 is 2.03 bits per heavy atom. The average Bonchev–Trinajstić information content (AvgIpc) is 2.92. The van der Waals surface area contributed by atoms with Crippen molar-refractivity contribution < 1.29 is 14.2 Å². The third kappa shape index (κ3) is 4.60. The first-order chi connectivity index (χ1) is 14.4. The van der Waals surface area contributed by atoms with E-state index in [0.717, 1.165) is 25.7 Å². The van der Waals surface area contributed by atoms with Gasteiger partial charge < -0.3 is 25.3 Å². The van der Waals surface area contributed by atoms with Crippen LogP contribution in [0.2, 0.25) is 0 Å². The third-order valence-electron chi connectivity index (χ3n) is 5.54. The molecule has 0 spiro atoms. The lowest BCUT2D eigenvalue weighted by molar-refractivity contribution is -0.146. The monoisotopic (exact) mass is 423 g/mol. The minimum absolute atomic E-state index is 0.249. The molecule has 10 heteroatoms. The van der Waals surface area contributed by atoms with Gasteiger partial charge in [-0.05, 0) is 19.8 Å². The highest BCUT2D eigenvalue weighted by atomic mass is 16.6. The van der Waals surface area contributed by atoms with Gasteiger partial charge in [-0.1, -0.05) is 26.7 Å².